The van der Waals surface area contributed by atoms with E-state index in [4.69, 9.17) is 9.47 Å². The first-order valence-corrected chi connectivity index (χ1v) is 12.9. The van der Waals surface area contributed by atoms with E-state index >= 15 is 0 Å². The van der Waals surface area contributed by atoms with Crippen LogP contribution >= 0.6 is 0 Å². The van der Waals surface area contributed by atoms with Crippen molar-refractivity contribution in [2.45, 2.75) is 25.7 Å². The highest BCUT2D eigenvalue weighted by Crippen LogP contribution is 2.29. The molecule has 1 N–H and O–H groups in total. The van der Waals surface area contributed by atoms with E-state index < -0.39 is 33.4 Å². The van der Waals surface area contributed by atoms with E-state index in [1.54, 1.807) is 32.0 Å². The Morgan fingerprint density at radius 1 is 1.05 bits per heavy atom. The summed E-state index contributed by atoms with van der Waals surface area (Å²) >= 11 is 0. The second-order valence-electron chi connectivity index (χ2n) is 8.16. The highest BCUT2D eigenvalue weighted by atomic mass is 32.2. The van der Waals surface area contributed by atoms with Gasteiger partial charge in [0.15, 0.2) is 0 Å². The predicted molar refractivity (Wildman–Crippen MR) is 141 cm³/mol. The fourth-order valence-electron chi connectivity index (χ4n) is 3.66. The number of benzene rings is 3. The van der Waals surface area contributed by atoms with Crippen LogP contribution < -0.4 is 14.4 Å². The number of nitrogens with one attached hydrogen (secondary N) is 1. The maximum atomic E-state index is 13.7. The van der Waals surface area contributed by atoms with Gasteiger partial charge in [0.05, 0.1) is 34.8 Å². The van der Waals surface area contributed by atoms with Crippen molar-refractivity contribution in [1.29, 1.82) is 0 Å². The van der Waals surface area contributed by atoms with Gasteiger partial charge in [0.25, 0.3) is 15.7 Å². The molecule has 3 aromatic carbocycles. The molecule has 0 spiro atoms. The van der Waals surface area contributed by atoms with Crippen LogP contribution in [0, 0.1) is 24.0 Å². The van der Waals surface area contributed by atoms with Gasteiger partial charge in [-0.2, -0.15) is 0 Å². The van der Waals surface area contributed by atoms with E-state index in [1.807, 2.05) is 0 Å². The molecule has 0 bridgehead atoms. The molecule has 0 aliphatic heterocycles. The van der Waals surface area contributed by atoms with Crippen molar-refractivity contribution in [3.05, 3.63) is 87.5 Å². The second-order valence-corrected chi connectivity index (χ2v) is 10.0. The Morgan fingerprint density at radius 2 is 1.74 bits per heavy atom. The molecule has 12 heteroatoms. The average molecular weight is 542 g/mol. The summed E-state index contributed by atoms with van der Waals surface area (Å²) in [7, 11) is -2.97. The monoisotopic (exact) mass is 541 g/mol. The van der Waals surface area contributed by atoms with Crippen molar-refractivity contribution in [3.63, 3.8) is 0 Å². The summed E-state index contributed by atoms with van der Waals surface area (Å²) in [5.74, 6) is -0.785. The van der Waals surface area contributed by atoms with Crippen LogP contribution in [-0.4, -0.2) is 45.5 Å². The van der Waals surface area contributed by atoms with Gasteiger partial charge in [0, 0.05) is 17.3 Å². The summed E-state index contributed by atoms with van der Waals surface area (Å²) < 4.78 is 38.4. The number of ether oxygens (including phenoxy) is 2. The van der Waals surface area contributed by atoms with Crippen LogP contribution in [-0.2, 0) is 19.6 Å². The number of rotatable bonds is 10. The SMILES string of the molecule is CCOC(=O)c1cccc(NC(=O)CN(c2ccc(OC)cc2)S(=O)(=O)c2ccc(C)c([N+](=O)[O-])c2)c1C. The first kappa shape index (κ1) is 28.1. The Morgan fingerprint density at radius 3 is 2.34 bits per heavy atom. The van der Waals surface area contributed by atoms with Crippen LogP contribution in [0.15, 0.2) is 65.6 Å². The predicted octanol–water partition coefficient (Wildman–Crippen LogP) is 4.23. The zero-order valence-corrected chi connectivity index (χ0v) is 22.1. The minimum Gasteiger partial charge on any atom is -0.497 e. The number of nitro groups is 1. The van der Waals surface area contributed by atoms with Gasteiger partial charge in [-0.1, -0.05) is 12.1 Å². The first-order valence-electron chi connectivity index (χ1n) is 11.5. The van der Waals surface area contributed by atoms with Crippen molar-refractivity contribution < 1.29 is 32.4 Å². The van der Waals surface area contributed by atoms with Gasteiger partial charge in [-0.3, -0.25) is 19.2 Å². The van der Waals surface area contributed by atoms with Gasteiger partial charge >= 0.3 is 5.97 Å². The Balaban J connectivity index is 2.00. The Labute approximate surface area is 220 Å². The number of nitrogens with zero attached hydrogens (tertiary/aromatic N) is 2. The summed E-state index contributed by atoms with van der Waals surface area (Å²) in [6.07, 6.45) is 0. The zero-order valence-electron chi connectivity index (χ0n) is 21.3. The highest BCUT2D eigenvalue weighted by molar-refractivity contribution is 7.92. The lowest BCUT2D eigenvalue weighted by atomic mass is 10.1. The molecule has 0 aliphatic rings. The van der Waals surface area contributed by atoms with Crippen molar-refractivity contribution in [2.75, 3.05) is 29.9 Å². The zero-order chi connectivity index (χ0) is 28.0. The molecule has 3 aromatic rings. The van der Waals surface area contributed by atoms with E-state index in [1.165, 1.54) is 50.4 Å². The quantitative estimate of drug-likeness (QED) is 0.228. The molecule has 0 radical (unpaired) electrons. The summed E-state index contributed by atoms with van der Waals surface area (Å²) in [6.45, 7) is 4.33. The van der Waals surface area contributed by atoms with Gasteiger partial charge in [-0.25, -0.2) is 13.2 Å². The Bertz CT molecular complexity index is 1470. The number of carbonyl (C=O) groups is 2. The summed E-state index contributed by atoms with van der Waals surface area (Å²) in [5, 5.41) is 14.1. The lowest BCUT2D eigenvalue weighted by Gasteiger charge is -2.24. The van der Waals surface area contributed by atoms with Crippen molar-refractivity contribution >= 4 is 39.0 Å². The molecule has 0 unspecified atom stereocenters. The summed E-state index contributed by atoms with van der Waals surface area (Å²) in [6, 6.07) is 14.2. The van der Waals surface area contributed by atoms with Crippen LogP contribution in [0.5, 0.6) is 5.75 Å². The molecular weight excluding hydrogens is 514 g/mol. The Kier molecular flexibility index (Phi) is 8.68. The van der Waals surface area contributed by atoms with E-state index in [2.05, 4.69) is 5.32 Å². The number of anilines is 2. The number of methoxy groups -OCH3 is 1. The number of hydrogen-bond acceptors (Lipinski definition) is 8. The van der Waals surface area contributed by atoms with Crippen LogP contribution in [0.4, 0.5) is 17.1 Å². The number of esters is 1. The lowest BCUT2D eigenvalue weighted by Crippen LogP contribution is -2.38. The summed E-state index contributed by atoms with van der Waals surface area (Å²) in [4.78, 5) is 35.8. The molecule has 200 valence electrons. The van der Waals surface area contributed by atoms with Gasteiger partial charge in [-0.05, 0) is 68.8 Å². The smallest absolute Gasteiger partial charge is 0.338 e. The van der Waals surface area contributed by atoms with E-state index in [0.29, 0.717) is 22.6 Å². The standard InChI is InChI=1S/C26H27N3O8S/c1-5-37-26(31)22-7-6-8-23(18(22)3)27-25(30)16-28(19-10-12-20(36-4)13-11-19)38(34,35)21-14-9-17(2)24(15-21)29(32)33/h6-15H,5,16H2,1-4H3,(H,27,30). The average Bonchev–Trinajstić information content (AvgIpc) is 2.88. The number of carbonyl (C=O) groups excluding carboxylic acids is 2. The minimum atomic E-state index is -4.42. The van der Waals surface area contributed by atoms with E-state index in [-0.39, 0.29) is 28.4 Å². The lowest BCUT2D eigenvalue weighted by molar-refractivity contribution is -0.385. The number of nitro benzene ring substituents is 1. The second kappa shape index (κ2) is 11.7. The van der Waals surface area contributed by atoms with Crippen molar-refractivity contribution in [3.8, 4) is 5.75 Å². The molecule has 0 aromatic heterocycles. The first-order chi connectivity index (χ1) is 18.0. The summed E-state index contributed by atoms with van der Waals surface area (Å²) in [5.41, 5.74) is 1.08. The van der Waals surface area contributed by atoms with Gasteiger partial charge in [0.2, 0.25) is 5.91 Å². The van der Waals surface area contributed by atoms with Crippen molar-refractivity contribution in [1.82, 2.24) is 0 Å². The third-order valence-corrected chi connectivity index (χ3v) is 7.49. The fraction of sp³-hybridized carbons (Fsp3) is 0.231. The number of aryl methyl sites for hydroxylation is 1. The molecule has 0 saturated carbocycles. The van der Waals surface area contributed by atoms with Gasteiger partial charge in [-0.15, -0.1) is 0 Å². The topological polar surface area (TPSA) is 145 Å². The van der Waals surface area contributed by atoms with Crippen LogP contribution in [0.3, 0.4) is 0 Å². The van der Waals surface area contributed by atoms with Crippen LogP contribution in [0.25, 0.3) is 0 Å². The fourth-order valence-corrected chi connectivity index (χ4v) is 5.10. The molecule has 11 nitrogen and oxygen atoms in total. The minimum absolute atomic E-state index is 0.140. The number of hydrogen-bond donors (Lipinski definition) is 1. The largest absolute Gasteiger partial charge is 0.497 e. The Hall–Kier alpha value is -4.45. The van der Waals surface area contributed by atoms with Crippen LogP contribution in [0.2, 0.25) is 0 Å². The van der Waals surface area contributed by atoms with Gasteiger partial charge < -0.3 is 14.8 Å². The molecule has 38 heavy (non-hydrogen) atoms. The number of sulfonamides is 1. The third kappa shape index (κ3) is 6.09. The van der Waals surface area contributed by atoms with E-state index in [0.717, 1.165) is 10.4 Å². The maximum absolute atomic E-state index is 13.7. The molecule has 0 saturated heterocycles. The molecule has 3 rings (SSSR count). The molecule has 0 atom stereocenters. The molecule has 0 fully saturated rings. The van der Waals surface area contributed by atoms with Gasteiger partial charge in [0.1, 0.15) is 12.3 Å². The van der Waals surface area contributed by atoms with E-state index in [9.17, 15) is 28.1 Å². The molecule has 0 heterocycles. The highest BCUT2D eigenvalue weighted by Gasteiger charge is 2.29. The molecular formula is C26H27N3O8S. The van der Waals surface area contributed by atoms with Crippen molar-refractivity contribution in [2.24, 2.45) is 0 Å². The normalized spacial score (nSPS) is 10.9. The maximum Gasteiger partial charge on any atom is 0.338 e. The number of amides is 1. The molecule has 1 amide bonds. The van der Waals surface area contributed by atoms with Crippen LogP contribution in [0.1, 0.15) is 28.4 Å². The third-order valence-electron chi connectivity index (χ3n) is 5.72. The molecule has 0 aliphatic carbocycles.